The zero-order chi connectivity index (χ0) is 24.2. The first-order valence-electron chi connectivity index (χ1n) is 11.0. The number of likely N-dealkylation sites (tertiary alicyclic amines) is 1. The molecule has 10 nitrogen and oxygen atoms in total. The standard InChI is InChI=1S/C23H25ClN6O4/c1-13(2)18(29-21(32)19-20(31)28-17-6-4-3-5-16(17)27-19)22(33)30-9-7-15(8-10-30)34-23-25-11-14(24)12-26-23/h3-6,11-13,15,18H,7-10H2,1-2H3,(H,28,31)(H,29,32)/t18-/m0/s1. The highest BCUT2D eigenvalue weighted by molar-refractivity contribution is 6.30. The highest BCUT2D eigenvalue weighted by Crippen LogP contribution is 2.19. The van der Waals surface area contributed by atoms with Crippen molar-refractivity contribution < 1.29 is 14.3 Å². The Labute approximate surface area is 200 Å². The van der Waals surface area contributed by atoms with Crippen molar-refractivity contribution in [1.82, 2.24) is 30.2 Å². The number of carbonyl (C=O) groups is 2. The molecule has 3 aromatic rings. The minimum Gasteiger partial charge on any atom is -0.460 e. The number of benzene rings is 1. The third kappa shape index (κ3) is 5.33. The van der Waals surface area contributed by atoms with Crippen molar-refractivity contribution in [2.75, 3.05) is 13.1 Å². The van der Waals surface area contributed by atoms with Crippen LogP contribution in [0.25, 0.3) is 11.0 Å². The maximum atomic E-state index is 13.2. The molecule has 1 saturated heterocycles. The van der Waals surface area contributed by atoms with Gasteiger partial charge < -0.3 is 19.9 Å². The maximum Gasteiger partial charge on any atom is 0.316 e. The van der Waals surface area contributed by atoms with Gasteiger partial charge in [0.15, 0.2) is 5.69 Å². The first-order valence-corrected chi connectivity index (χ1v) is 11.4. The number of piperidine rings is 1. The van der Waals surface area contributed by atoms with Crippen molar-refractivity contribution in [3.8, 4) is 6.01 Å². The molecule has 4 rings (SSSR count). The lowest BCUT2D eigenvalue weighted by atomic mass is 10.00. The summed E-state index contributed by atoms with van der Waals surface area (Å²) in [6.07, 6.45) is 4.00. The van der Waals surface area contributed by atoms with Crippen molar-refractivity contribution in [1.29, 1.82) is 0 Å². The predicted octanol–water partition coefficient (Wildman–Crippen LogP) is 2.19. The van der Waals surface area contributed by atoms with Gasteiger partial charge in [-0.1, -0.05) is 37.6 Å². The molecule has 1 fully saturated rings. The number of hydrogen-bond donors (Lipinski definition) is 2. The van der Waals surface area contributed by atoms with Gasteiger partial charge in [-0.25, -0.2) is 15.0 Å². The number of rotatable bonds is 6. The van der Waals surface area contributed by atoms with Gasteiger partial charge >= 0.3 is 6.01 Å². The molecule has 0 bridgehead atoms. The van der Waals surface area contributed by atoms with Gasteiger partial charge in [0.2, 0.25) is 5.91 Å². The Bertz CT molecular complexity index is 1240. The zero-order valence-corrected chi connectivity index (χ0v) is 19.6. The molecule has 1 atom stereocenters. The average molecular weight is 485 g/mol. The van der Waals surface area contributed by atoms with Crippen molar-refractivity contribution in [3.05, 3.63) is 57.7 Å². The molecule has 2 aromatic heterocycles. The molecule has 2 amide bonds. The lowest BCUT2D eigenvalue weighted by Gasteiger charge is -2.35. The van der Waals surface area contributed by atoms with E-state index in [4.69, 9.17) is 16.3 Å². The van der Waals surface area contributed by atoms with Gasteiger partial charge in [-0.15, -0.1) is 0 Å². The number of halogens is 1. The Kier molecular flexibility index (Phi) is 7.06. The highest BCUT2D eigenvalue weighted by Gasteiger charge is 2.33. The minimum absolute atomic E-state index is 0.127. The van der Waals surface area contributed by atoms with Crippen LogP contribution in [0.15, 0.2) is 41.5 Å². The Hall–Kier alpha value is -3.53. The van der Waals surface area contributed by atoms with Crippen LogP contribution in [0.4, 0.5) is 0 Å². The van der Waals surface area contributed by atoms with E-state index in [0.29, 0.717) is 42.0 Å². The van der Waals surface area contributed by atoms with E-state index in [1.807, 2.05) is 13.8 Å². The predicted molar refractivity (Wildman–Crippen MR) is 126 cm³/mol. The van der Waals surface area contributed by atoms with Crippen molar-refractivity contribution in [2.24, 2.45) is 5.92 Å². The normalized spacial score (nSPS) is 15.4. The van der Waals surface area contributed by atoms with E-state index in [2.05, 4.69) is 25.3 Å². The summed E-state index contributed by atoms with van der Waals surface area (Å²) in [5.41, 5.74) is 0.154. The van der Waals surface area contributed by atoms with Crippen molar-refractivity contribution >= 4 is 34.4 Å². The molecular weight excluding hydrogens is 460 g/mol. The fourth-order valence-electron chi connectivity index (χ4n) is 3.81. The lowest BCUT2D eigenvalue weighted by molar-refractivity contribution is -0.136. The van der Waals surface area contributed by atoms with Crippen molar-refractivity contribution in [2.45, 2.75) is 38.8 Å². The summed E-state index contributed by atoms with van der Waals surface area (Å²) >= 11 is 5.80. The van der Waals surface area contributed by atoms with Crippen LogP contribution in [0.1, 0.15) is 37.2 Å². The summed E-state index contributed by atoms with van der Waals surface area (Å²) in [6, 6.07) is 6.39. The molecule has 0 spiro atoms. The largest absolute Gasteiger partial charge is 0.460 e. The van der Waals surface area contributed by atoms with Crippen LogP contribution in [-0.2, 0) is 4.79 Å². The molecule has 3 heterocycles. The summed E-state index contributed by atoms with van der Waals surface area (Å²) < 4.78 is 5.78. The summed E-state index contributed by atoms with van der Waals surface area (Å²) in [4.78, 5) is 55.1. The minimum atomic E-state index is -0.794. The van der Waals surface area contributed by atoms with Crippen LogP contribution >= 0.6 is 11.6 Å². The maximum absolute atomic E-state index is 13.2. The van der Waals surface area contributed by atoms with Crippen LogP contribution < -0.4 is 15.6 Å². The molecule has 1 aromatic carbocycles. The molecule has 0 unspecified atom stereocenters. The number of amides is 2. The average Bonchev–Trinajstić information content (AvgIpc) is 2.83. The van der Waals surface area contributed by atoms with Crippen LogP contribution in [-0.4, -0.2) is 61.9 Å². The van der Waals surface area contributed by atoms with Gasteiger partial charge in [0.05, 0.1) is 28.4 Å². The van der Waals surface area contributed by atoms with Crippen LogP contribution in [0.3, 0.4) is 0 Å². The van der Waals surface area contributed by atoms with Gasteiger partial charge in [-0.3, -0.25) is 14.4 Å². The molecule has 2 N–H and O–H groups in total. The quantitative estimate of drug-likeness (QED) is 0.548. The molecule has 0 aliphatic carbocycles. The Morgan fingerprint density at radius 1 is 1.18 bits per heavy atom. The molecule has 0 radical (unpaired) electrons. The fourth-order valence-corrected chi connectivity index (χ4v) is 3.91. The highest BCUT2D eigenvalue weighted by atomic mass is 35.5. The van der Waals surface area contributed by atoms with Crippen LogP contribution in [0, 0.1) is 5.92 Å². The van der Waals surface area contributed by atoms with E-state index < -0.39 is 17.5 Å². The first-order chi connectivity index (χ1) is 16.3. The second-order valence-electron chi connectivity index (χ2n) is 8.45. The Morgan fingerprint density at radius 2 is 1.85 bits per heavy atom. The smallest absolute Gasteiger partial charge is 0.316 e. The van der Waals surface area contributed by atoms with Crippen LogP contribution in [0.2, 0.25) is 5.02 Å². The lowest BCUT2D eigenvalue weighted by Crippen LogP contribution is -2.54. The number of aromatic nitrogens is 4. The summed E-state index contributed by atoms with van der Waals surface area (Å²) in [7, 11) is 0. The van der Waals surface area contributed by atoms with Crippen molar-refractivity contribution in [3.63, 3.8) is 0 Å². The second-order valence-corrected chi connectivity index (χ2v) is 8.89. The van der Waals surface area contributed by atoms with E-state index in [1.165, 1.54) is 12.4 Å². The van der Waals surface area contributed by atoms with E-state index in [9.17, 15) is 14.4 Å². The van der Waals surface area contributed by atoms with E-state index >= 15 is 0 Å². The molecule has 1 aliphatic heterocycles. The number of fused-ring (bicyclic) bond motifs is 1. The monoisotopic (exact) mass is 484 g/mol. The third-order valence-electron chi connectivity index (χ3n) is 5.66. The number of hydrogen-bond acceptors (Lipinski definition) is 7. The number of para-hydroxylation sites is 2. The number of aromatic amines is 1. The molecule has 178 valence electrons. The van der Waals surface area contributed by atoms with E-state index in [1.54, 1.807) is 29.2 Å². The Balaban J connectivity index is 1.40. The van der Waals surface area contributed by atoms with Gasteiger partial charge in [0.1, 0.15) is 12.1 Å². The fraction of sp³-hybridized carbons (Fsp3) is 0.391. The van der Waals surface area contributed by atoms with Crippen LogP contribution in [0.5, 0.6) is 6.01 Å². The molecule has 1 aliphatic rings. The van der Waals surface area contributed by atoms with E-state index in [-0.39, 0.29) is 29.6 Å². The zero-order valence-electron chi connectivity index (χ0n) is 18.8. The van der Waals surface area contributed by atoms with Gasteiger partial charge in [0.25, 0.3) is 11.5 Å². The van der Waals surface area contributed by atoms with Gasteiger partial charge in [-0.05, 0) is 18.1 Å². The molecular formula is C23H25ClN6O4. The number of nitrogens with one attached hydrogen (secondary N) is 2. The second kappa shape index (κ2) is 10.2. The SMILES string of the molecule is CC(C)[C@H](NC(=O)c1nc2ccccc2[nH]c1=O)C(=O)N1CCC(Oc2ncc(Cl)cn2)CC1. The molecule has 11 heteroatoms. The topological polar surface area (TPSA) is 130 Å². The third-order valence-corrected chi connectivity index (χ3v) is 5.85. The Morgan fingerprint density at radius 3 is 2.53 bits per heavy atom. The number of carbonyl (C=O) groups excluding carboxylic acids is 2. The molecule has 34 heavy (non-hydrogen) atoms. The van der Waals surface area contributed by atoms with Gasteiger partial charge in [-0.2, -0.15) is 0 Å². The summed E-state index contributed by atoms with van der Waals surface area (Å²) in [6.45, 7) is 4.61. The number of H-pyrrole nitrogens is 1. The number of nitrogens with zero attached hydrogens (tertiary/aromatic N) is 4. The van der Waals surface area contributed by atoms with Gasteiger partial charge in [0, 0.05) is 25.9 Å². The first kappa shape index (κ1) is 23.6. The summed E-state index contributed by atoms with van der Waals surface area (Å²) in [5, 5.41) is 3.14. The van der Waals surface area contributed by atoms with E-state index in [0.717, 1.165) is 0 Å². The summed E-state index contributed by atoms with van der Waals surface area (Å²) in [5.74, 6) is -1.08. The molecule has 0 saturated carbocycles. The number of ether oxygens (including phenoxy) is 1.